The van der Waals surface area contributed by atoms with Crippen LogP contribution >= 0.6 is 0 Å². The van der Waals surface area contributed by atoms with Gasteiger partial charge < -0.3 is 10.1 Å². The van der Waals surface area contributed by atoms with E-state index in [4.69, 9.17) is 0 Å². The molecule has 2 aliphatic heterocycles. The van der Waals surface area contributed by atoms with Gasteiger partial charge in [0.1, 0.15) is 0 Å². The van der Waals surface area contributed by atoms with Crippen molar-refractivity contribution in [3.8, 4) is 0 Å². The molecule has 0 fully saturated rings. The van der Waals surface area contributed by atoms with E-state index in [1.54, 1.807) is 24.3 Å². The lowest BCUT2D eigenvalue weighted by Gasteiger charge is -2.08. The number of imide groups is 1. The Morgan fingerprint density at radius 3 is 2.00 bits per heavy atom. The lowest BCUT2D eigenvalue weighted by Crippen LogP contribution is -2.19. The molecule has 0 saturated carbocycles. The number of carbonyl (C=O) groups is 4. The van der Waals surface area contributed by atoms with Crippen LogP contribution in [0.25, 0.3) is 0 Å². The third-order valence-electron chi connectivity index (χ3n) is 3.67. The summed E-state index contributed by atoms with van der Waals surface area (Å²) in [5, 5.41) is 5.24. The van der Waals surface area contributed by atoms with Crippen molar-refractivity contribution in [2.24, 2.45) is 0 Å². The predicted molar refractivity (Wildman–Crippen MR) is 77.7 cm³/mol. The monoisotopic (exact) mass is 308 g/mol. The Hall–Kier alpha value is -3.48. The smallest absolute Gasteiger partial charge is 0.346 e. The van der Waals surface area contributed by atoms with Crippen molar-refractivity contribution >= 4 is 35.1 Å². The van der Waals surface area contributed by atoms with Gasteiger partial charge in [-0.15, -0.1) is 0 Å². The van der Waals surface area contributed by atoms with E-state index in [0.29, 0.717) is 16.9 Å². The van der Waals surface area contributed by atoms with Crippen molar-refractivity contribution in [2.75, 3.05) is 5.32 Å². The molecule has 0 saturated heterocycles. The third kappa shape index (κ3) is 1.98. The molecule has 2 aliphatic rings. The van der Waals surface area contributed by atoms with Gasteiger partial charge in [-0.25, -0.2) is 9.59 Å². The number of nitrogens with one attached hydrogen (secondary N) is 2. The first-order chi connectivity index (χ1) is 11.0. The van der Waals surface area contributed by atoms with Gasteiger partial charge in [0.25, 0.3) is 11.8 Å². The number of anilines is 2. The van der Waals surface area contributed by atoms with Crippen molar-refractivity contribution in [3.05, 3.63) is 58.7 Å². The van der Waals surface area contributed by atoms with Crippen molar-refractivity contribution in [3.63, 3.8) is 0 Å². The molecule has 0 bridgehead atoms. The maximum atomic E-state index is 11.7. The minimum absolute atomic E-state index is 0.189. The number of hydrogen-bond acceptors (Lipinski definition) is 6. The number of benzene rings is 2. The standard InChI is InChI=1S/C16H8N2O5/c19-13-9-3-1-7(5-11(9)14(20)18-13)17-8-2-4-10-12(6-8)16(22)23-15(10)21/h1-6,17H,(H,18,19,20). The summed E-state index contributed by atoms with van der Waals surface area (Å²) in [7, 11) is 0. The summed E-state index contributed by atoms with van der Waals surface area (Å²) in [4.78, 5) is 46.1. The molecule has 2 heterocycles. The zero-order chi connectivity index (χ0) is 16.1. The first-order valence-corrected chi connectivity index (χ1v) is 6.70. The second kappa shape index (κ2) is 4.51. The molecule has 0 aliphatic carbocycles. The molecule has 4 rings (SSSR count). The number of cyclic esters (lactones) is 2. The number of amides is 2. The summed E-state index contributed by atoms with van der Waals surface area (Å²) in [6.07, 6.45) is 0. The molecule has 0 atom stereocenters. The quantitative estimate of drug-likeness (QED) is 0.496. The maximum Gasteiger partial charge on any atom is 0.346 e. The molecule has 0 unspecified atom stereocenters. The maximum absolute atomic E-state index is 11.7. The lowest BCUT2D eigenvalue weighted by molar-refractivity contribution is 0.0443. The molecule has 2 aromatic carbocycles. The summed E-state index contributed by atoms with van der Waals surface area (Å²) in [6, 6.07) is 9.36. The molecule has 0 radical (unpaired) electrons. The average molecular weight is 308 g/mol. The second-order valence-corrected chi connectivity index (χ2v) is 5.11. The summed E-state index contributed by atoms with van der Waals surface area (Å²) in [6.45, 7) is 0. The zero-order valence-corrected chi connectivity index (χ0v) is 11.5. The SMILES string of the molecule is O=C1NC(=O)c2cc(Nc3ccc4c(c3)C(=O)OC4=O)ccc21. The van der Waals surface area contributed by atoms with Crippen molar-refractivity contribution in [2.45, 2.75) is 0 Å². The van der Waals surface area contributed by atoms with E-state index in [-0.39, 0.29) is 16.7 Å². The van der Waals surface area contributed by atoms with Crippen LogP contribution in [0.3, 0.4) is 0 Å². The van der Waals surface area contributed by atoms with Crippen LogP contribution in [0.1, 0.15) is 41.4 Å². The van der Waals surface area contributed by atoms with Crippen LogP contribution in [0.15, 0.2) is 36.4 Å². The van der Waals surface area contributed by atoms with E-state index in [2.05, 4.69) is 15.4 Å². The fraction of sp³-hybridized carbons (Fsp3) is 0. The van der Waals surface area contributed by atoms with Crippen LogP contribution < -0.4 is 10.6 Å². The van der Waals surface area contributed by atoms with Crippen LogP contribution in [-0.4, -0.2) is 23.8 Å². The van der Waals surface area contributed by atoms with Gasteiger partial charge in [-0.2, -0.15) is 0 Å². The van der Waals surface area contributed by atoms with E-state index < -0.39 is 23.8 Å². The Labute approximate surface area is 129 Å². The van der Waals surface area contributed by atoms with Crippen LogP contribution in [0, 0.1) is 0 Å². The van der Waals surface area contributed by atoms with Gasteiger partial charge in [0, 0.05) is 11.4 Å². The van der Waals surface area contributed by atoms with E-state index in [0.717, 1.165) is 0 Å². The first kappa shape index (κ1) is 13.2. The van der Waals surface area contributed by atoms with Crippen LogP contribution in [0.2, 0.25) is 0 Å². The van der Waals surface area contributed by atoms with E-state index in [1.807, 2.05) is 0 Å². The fourth-order valence-electron chi connectivity index (χ4n) is 2.58. The Balaban J connectivity index is 1.68. The molecule has 7 heteroatoms. The van der Waals surface area contributed by atoms with Gasteiger partial charge in [-0.1, -0.05) is 0 Å². The van der Waals surface area contributed by atoms with Gasteiger partial charge in [0.15, 0.2) is 0 Å². The fourth-order valence-corrected chi connectivity index (χ4v) is 2.58. The van der Waals surface area contributed by atoms with Gasteiger partial charge >= 0.3 is 11.9 Å². The van der Waals surface area contributed by atoms with Gasteiger partial charge in [0.05, 0.1) is 22.3 Å². The Morgan fingerprint density at radius 1 is 0.696 bits per heavy atom. The highest BCUT2D eigenvalue weighted by atomic mass is 16.6. The number of ether oxygens (including phenoxy) is 1. The van der Waals surface area contributed by atoms with Crippen molar-refractivity contribution < 1.29 is 23.9 Å². The van der Waals surface area contributed by atoms with E-state index >= 15 is 0 Å². The largest absolute Gasteiger partial charge is 0.386 e. The third-order valence-corrected chi connectivity index (χ3v) is 3.67. The number of rotatable bonds is 2. The van der Waals surface area contributed by atoms with Gasteiger partial charge in [-0.05, 0) is 36.4 Å². The molecule has 2 aromatic rings. The Bertz CT molecular complexity index is 857. The number of fused-ring (bicyclic) bond motifs is 2. The first-order valence-electron chi connectivity index (χ1n) is 6.70. The summed E-state index contributed by atoms with van der Waals surface area (Å²) in [5.74, 6) is -2.22. The molecule has 112 valence electrons. The predicted octanol–water partition coefficient (Wildman–Crippen LogP) is 1.62. The van der Waals surface area contributed by atoms with Crippen LogP contribution in [0.4, 0.5) is 11.4 Å². The van der Waals surface area contributed by atoms with Gasteiger partial charge in [-0.3, -0.25) is 14.9 Å². The average Bonchev–Trinajstić information content (AvgIpc) is 2.96. The molecule has 7 nitrogen and oxygen atoms in total. The summed E-state index contributed by atoms with van der Waals surface area (Å²) >= 11 is 0. The Kier molecular flexibility index (Phi) is 2.59. The van der Waals surface area contributed by atoms with E-state index in [1.165, 1.54) is 12.1 Å². The van der Waals surface area contributed by atoms with Crippen molar-refractivity contribution in [1.29, 1.82) is 0 Å². The number of hydrogen-bond donors (Lipinski definition) is 2. The van der Waals surface area contributed by atoms with Crippen LogP contribution in [0.5, 0.6) is 0 Å². The van der Waals surface area contributed by atoms with Crippen LogP contribution in [-0.2, 0) is 4.74 Å². The number of esters is 2. The molecule has 2 N–H and O–H groups in total. The number of carbonyl (C=O) groups excluding carboxylic acids is 4. The molecular weight excluding hydrogens is 300 g/mol. The molecule has 2 amide bonds. The normalized spacial score (nSPS) is 15.1. The summed E-state index contributed by atoms with van der Waals surface area (Å²) in [5.41, 5.74) is 2.15. The van der Waals surface area contributed by atoms with E-state index in [9.17, 15) is 19.2 Å². The topological polar surface area (TPSA) is 102 Å². The summed E-state index contributed by atoms with van der Waals surface area (Å²) < 4.78 is 4.53. The molecular formula is C16H8N2O5. The lowest BCUT2D eigenvalue weighted by atomic mass is 10.1. The highest BCUT2D eigenvalue weighted by Gasteiger charge is 2.30. The van der Waals surface area contributed by atoms with Gasteiger partial charge in [0.2, 0.25) is 0 Å². The highest BCUT2D eigenvalue weighted by Crippen LogP contribution is 2.27. The highest BCUT2D eigenvalue weighted by molar-refractivity contribution is 6.22. The zero-order valence-electron chi connectivity index (χ0n) is 11.5. The Morgan fingerprint density at radius 2 is 1.26 bits per heavy atom. The van der Waals surface area contributed by atoms with Crippen molar-refractivity contribution in [1.82, 2.24) is 5.32 Å². The minimum atomic E-state index is -0.687. The molecule has 23 heavy (non-hydrogen) atoms. The minimum Gasteiger partial charge on any atom is -0.386 e. The second-order valence-electron chi connectivity index (χ2n) is 5.11. The molecule has 0 spiro atoms. The molecule has 0 aromatic heterocycles.